The second-order valence-electron chi connectivity index (χ2n) is 5.32. The monoisotopic (exact) mass is 346 g/mol. The number of rotatable bonds is 10. The molecule has 0 fully saturated rings. The number of amides is 3. The van der Waals surface area contributed by atoms with E-state index in [4.69, 9.17) is 15.9 Å². The molecule has 0 aliphatic carbocycles. The van der Waals surface area contributed by atoms with Gasteiger partial charge in [0.05, 0.1) is 19.0 Å². The lowest BCUT2D eigenvalue weighted by Gasteiger charge is -2.18. The number of carboxylic acids is 2. The summed E-state index contributed by atoms with van der Waals surface area (Å²) in [5.41, 5.74) is 5.59. The van der Waals surface area contributed by atoms with Gasteiger partial charge in [-0.2, -0.15) is 0 Å². The van der Waals surface area contributed by atoms with Gasteiger partial charge in [-0.3, -0.25) is 24.0 Å². The van der Waals surface area contributed by atoms with Gasteiger partial charge in [0, 0.05) is 0 Å². The van der Waals surface area contributed by atoms with E-state index in [1.807, 2.05) is 5.32 Å². The molecule has 0 spiro atoms. The maximum absolute atomic E-state index is 11.7. The van der Waals surface area contributed by atoms with Crippen molar-refractivity contribution in [1.82, 2.24) is 16.0 Å². The molecule has 0 saturated carbocycles. The molecule has 0 aromatic carbocycles. The van der Waals surface area contributed by atoms with Crippen molar-refractivity contribution < 1.29 is 34.2 Å². The Bertz CT molecular complexity index is 507. The van der Waals surface area contributed by atoms with Crippen molar-refractivity contribution in [3.8, 4) is 0 Å². The van der Waals surface area contributed by atoms with E-state index in [0.717, 1.165) is 0 Å². The van der Waals surface area contributed by atoms with Crippen LogP contribution in [0.4, 0.5) is 0 Å². The molecule has 0 heterocycles. The lowest BCUT2D eigenvalue weighted by atomic mass is 10.1. The molecule has 0 rings (SSSR count). The fourth-order valence-electron chi connectivity index (χ4n) is 1.50. The maximum Gasteiger partial charge on any atom is 0.322 e. The zero-order valence-corrected chi connectivity index (χ0v) is 13.4. The predicted octanol–water partition coefficient (Wildman–Crippen LogP) is -2.75. The average molecular weight is 346 g/mol. The van der Waals surface area contributed by atoms with Gasteiger partial charge in [0.15, 0.2) is 0 Å². The first-order valence-corrected chi connectivity index (χ1v) is 7.08. The van der Waals surface area contributed by atoms with Gasteiger partial charge in [-0.05, 0) is 5.92 Å². The summed E-state index contributed by atoms with van der Waals surface area (Å²) in [5, 5.41) is 23.6. The molecule has 24 heavy (non-hydrogen) atoms. The number of carboxylic acid groups (broad SMARTS) is 2. The molecular weight excluding hydrogens is 324 g/mol. The molecule has 11 nitrogen and oxygen atoms in total. The van der Waals surface area contributed by atoms with Crippen LogP contribution in [0, 0.1) is 5.92 Å². The largest absolute Gasteiger partial charge is 0.481 e. The van der Waals surface area contributed by atoms with Crippen molar-refractivity contribution in [2.45, 2.75) is 32.4 Å². The zero-order chi connectivity index (χ0) is 18.9. The Morgan fingerprint density at radius 3 is 1.92 bits per heavy atom. The molecule has 7 N–H and O–H groups in total. The Morgan fingerprint density at radius 2 is 1.46 bits per heavy atom. The normalized spacial score (nSPS) is 12.8. The van der Waals surface area contributed by atoms with Crippen LogP contribution in [0.15, 0.2) is 0 Å². The van der Waals surface area contributed by atoms with E-state index in [1.54, 1.807) is 13.8 Å². The summed E-state index contributed by atoms with van der Waals surface area (Å²) >= 11 is 0. The van der Waals surface area contributed by atoms with Gasteiger partial charge in [0.2, 0.25) is 17.7 Å². The van der Waals surface area contributed by atoms with Gasteiger partial charge < -0.3 is 31.9 Å². The minimum Gasteiger partial charge on any atom is -0.481 e. The Kier molecular flexibility index (Phi) is 9.02. The molecule has 136 valence electrons. The molecule has 3 amide bonds. The number of hydrogen-bond donors (Lipinski definition) is 6. The van der Waals surface area contributed by atoms with Gasteiger partial charge in [-0.15, -0.1) is 0 Å². The highest BCUT2D eigenvalue weighted by atomic mass is 16.4. The van der Waals surface area contributed by atoms with Crippen LogP contribution in [-0.4, -0.2) is 65.0 Å². The fraction of sp³-hybridized carbons (Fsp3) is 0.615. The van der Waals surface area contributed by atoms with Crippen LogP contribution in [0.3, 0.4) is 0 Å². The molecule has 0 aliphatic heterocycles. The number of carbonyl (C=O) groups is 5. The highest BCUT2D eigenvalue weighted by Crippen LogP contribution is 1.97. The molecule has 0 radical (unpaired) electrons. The molecule has 2 atom stereocenters. The summed E-state index contributed by atoms with van der Waals surface area (Å²) < 4.78 is 0. The van der Waals surface area contributed by atoms with Crippen molar-refractivity contribution in [3.63, 3.8) is 0 Å². The van der Waals surface area contributed by atoms with E-state index in [9.17, 15) is 24.0 Å². The van der Waals surface area contributed by atoms with E-state index >= 15 is 0 Å². The molecular formula is C13H22N4O7. The van der Waals surface area contributed by atoms with Crippen molar-refractivity contribution in [2.75, 3.05) is 13.1 Å². The Balaban J connectivity index is 4.59. The summed E-state index contributed by atoms with van der Waals surface area (Å²) in [4.78, 5) is 56.1. The van der Waals surface area contributed by atoms with Crippen LogP contribution in [0.1, 0.15) is 20.3 Å². The number of nitrogens with one attached hydrogen (secondary N) is 3. The smallest absolute Gasteiger partial charge is 0.322 e. The first-order chi connectivity index (χ1) is 11.0. The van der Waals surface area contributed by atoms with Crippen LogP contribution >= 0.6 is 0 Å². The standard InChI is InChI=1S/C13H22N4O7/c1-6(2)11(14)13(24)15-4-8(18)17-7(3-9(19)20)12(23)16-5-10(21)22/h6-7,11H,3-5,14H2,1-2H3,(H,15,24)(H,16,23)(H,17,18)(H,19,20)(H,21,22). The summed E-state index contributed by atoms with van der Waals surface area (Å²) in [6.45, 7) is 2.23. The second-order valence-corrected chi connectivity index (χ2v) is 5.32. The van der Waals surface area contributed by atoms with Gasteiger partial charge >= 0.3 is 11.9 Å². The third kappa shape index (κ3) is 8.68. The number of aliphatic carboxylic acids is 2. The predicted molar refractivity (Wildman–Crippen MR) is 80.7 cm³/mol. The van der Waals surface area contributed by atoms with Crippen molar-refractivity contribution in [3.05, 3.63) is 0 Å². The minimum absolute atomic E-state index is 0.144. The van der Waals surface area contributed by atoms with Crippen molar-refractivity contribution in [1.29, 1.82) is 0 Å². The fourth-order valence-corrected chi connectivity index (χ4v) is 1.50. The summed E-state index contributed by atoms with van der Waals surface area (Å²) in [6.07, 6.45) is -0.739. The van der Waals surface area contributed by atoms with Gasteiger partial charge in [-0.1, -0.05) is 13.8 Å². The van der Waals surface area contributed by atoms with Crippen LogP contribution in [0.25, 0.3) is 0 Å². The van der Waals surface area contributed by atoms with E-state index in [0.29, 0.717) is 0 Å². The summed E-state index contributed by atoms with van der Waals surface area (Å²) in [7, 11) is 0. The Labute approximate surface area is 138 Å². The van der Waals surface area contributed by atoms with E-state index < -0.39 is 61.3 Å². The van der Waals surface area contributed by atoms with Crippen LogP contribution in [-0.2, 0) is 24.0 Å². The van der Waals surface area contributed by atoms with Gasteiger partial charge in [-0.25, -0.2) is 0 Å². The van der Waals surface area contributed by atoms with Crippen molar-refractivity contribution in [2.24, 2.45) is 11.7 Å². The summed E-state index contributed by atoms with van der Waals surface area (Å²) in [6, 6.07) is -2.28. The molecule has 0 aromatic rings. The van der Waals surface area contributed by atoms with E-state index in [2.05, 4.69) is 10.6 Å². The topological polar surface area (TPSA) is 188 Å². The second kappa shape index (κ2) is 10.2. The first kappa shape index (κ1) is 21.3. The van der Waals surface area contributed by atoms with E-state index in [-0.39, 0.29) is 5.92 Å². The van der Waals surface area contributed by atoms with Gasteiger partial charge in [0.25, 0.3) is 0 Å². The number of nitrogens with two attached hydrogens (primary N) is 1. The zero-order valence-electron chi connectivity index (χ0n) is 13.4. The molecule has 11 heteroatoms. The minimum atomic E-state index is -1.47. The molecule has 0 saturated heterocycles. The quantitative estimate of drug-likeness (QED) is 0.245. The highest BCUT2D eigenvalue weighted by Gasteiger charge is 2.24. The van der Waals surface area contributed by atoms with Crippen LogP contribution in [0.5, 0.6) is 0 Å². The Hall–Kier alpha value is -2.69. The third-order valence-electron chi connectivity index (χ3n) is 2.89. The van der Waals surface area contributed by atoms with Crippen LogP contribution in [0.2, 0.25) is 0 Å². The molecule has 0 aromatic heterocycles. The number of hydrogen-bond acceptors (Lipinski definition) is 6. The first-order valence-electron chi connectivity index (χ1n) is 7.08. The lowest BCUT2D eigenvalue weighted by molar-refractivity contribution is -0.141. The SMILES string of the molecule is CC(C)C(N)C(=O)NCC(=O)NC(CC(=O)O)C(=O)NCC(=O)O. The summed E-state index contributed by atoms with van der Waals surface area (Å²) in [5.74, 6) is -5.16. The Morgan fingerprint density at radius 1 is 0.917 bits per heavy atom. The van der Waals surface area contributed by atoms with E-state index in [1.165, 1.54) is 0 Å². The molecule has 2 unspecified atom stereocenters. The highest BCUT2D eigenvalue weighted by molar-refractivity contribution is 5.93. The maximum atomic E-state index is 11.7. The third-order valence-corrected chi connectivity index (χ3v) is 2.89. The average Bonchev–Trinajstić information content (AvgIpc) is 2.48. The van der Waals surface area contributed by atoms with Gasteiger partial charge in [0.1, 0.15) is 12.6 Å². The van der Waals surface area contributed by atoms with Crippen LogP contribution < -0.4 is 21.7 Å². The lowest BCUT2D eigenvalue weighted by Crippen LogP contribution is -2.52. The number of carbonyl (C=O) groups excluding carboxylic acids is 3. The van der Waals surface area contributed by atoms with Crippen molar-refractivity contribution >= 4 is 29.7 Å². The molecule has 0 bridgehead atoms. The molecule has 0 aliphatic rings.